The summed E-state index contributed by atoms with van der Waals surface area (Å²) in [5, 5.41) is 7.61. The van der Waals surface area contributed by atoms with Crippen LogP contribution in [0.2, 0.25) is 0 Å². The monoisotopic (exact) mass is 411 g/mol. The van der Waals surface area contributed by atoms with E-state index in [0.717, 1.165) is 39.3 Å². The molecule has 28 heavy (non-hydrogen) atoms. The van der Waals surface area contributed by atoms with Gasteiger partial charge in [0.15, 0.2) is 0 Å². The van der Waals surface area contributed by atoms with E-state index in [1.54, 1.807) is 28.2 Å². The molecular weight excluding hydrogens is 393 g/mol. The number of amides is 1. The van der Waals surface area contributed by atoms with Crippen LogP contribution in [-0.4, -0.2) is 26.6 Å². The van der Waals surface area contributed by atoms with Gasteiger partial charge in [-0.25, -0.2) is 9.07 Å². The van der Waals surface area contributed by atoms with Crippen molar-refractivity contribution < 1.29 is 9.18 Å². The van der Waals surface area contributed by atoms with Crippen LogP contribution in [0.15, 0.2) is 47.8 Å². The lowest BCUT2D eigenvalue weighted by Crippen LogP contribution is -2.31. The third-order valence-electron chi connectivity index (χ3n) is 4.98. The van der Waals surface area contributed by atoms with Crippen LogP contribution >= 0.6 is 22.7 Å². The Bertz CT molecular complexity index is 1140. The first-order chi connectivity index (χ1) is 13.6. The maximum atomic E-state index is 13.3. The molecule has 3 heterocycles. The maximum absolute atomic E-state index is 13.3. The van der Waals surface area contributed by atoms with Crippen LogP contribution in [-0.2, 0) is 6.54 Å². The number of fused-ring (bicyclic) bond motifs is 1. The van der Waals surface area contributed by atoms with E-state index in [4.69, 9.17) is 0 Å². The second kappa shape index (κ2) is 6.83. The molecule has 3 aromatic heterocycles. The molecule has 1 amide bonds. The molecule has 0 radical (unpaired) electrons. The smallest absolute Gasteiger partial charge is 0.264 e. The molecule has 0 aliphatic heterocycles. The highest BCUT2D eigenvalue weighted by molar-refractivity contribution is 7.20. The topological polar surface area (TPSA) is 38.1 Å². The largest absolute Gasteiger partial charge is 0.330 e. The van der Waals surface area contributed by atoms with Gasteiger partial charge >= 0.3 is 0 Å². The number of benzene rings is 1. The summed E-state index contributed by atoms with van der Waals surface area (Å²) >= 11 is 3.14. The fourth-order valence-electron chi connectivity index (χ4n) is 3.37. The maximum Gasteiger partial charge on any atom is 0.264 e. The first kappa shape index (κ1) is 17.6. The van der Waals surface area contributed by atoms with Crippen LogP contribution in [0, 0.1) is 12.7 Å². The van der Waals surface area contributed by atoms with Gasteiger partial charge in [-0.2, -0.15) is 5.10 Å². The summed E-state index contributed by atoms with van der Waals surface area (Å²) in [7, 11) is 0. The van der Waals surface area contributed by atoms with Crippen LogP contribution in [0.4, 0.5) is 4.39 Å². The van der Waals surface area contributed by atoms with Gasteiger partial charge in [-0.1, -0.05) is 6.07 Å². The van der Waals surface area contributed by atoms with Gasteiger partial charge in [0.2, 0.25) is 0 Å². The van der Waals surface area contributed by atoms with Crippen LogP contribution in [0.5, 0.6) is 0 Å². The molecule has 0 saturated heterocycles. The second-order valence-electron chi connectivity index (χ2n) is 7.05. The highest BCUT2D eigenvalue weighted by atomic mass is 32.1. The van der Waals surface area contributed by atoms with Crippen molar-refractivity contribution >= 4 is 38.8 Å². The van der Waals surface area contributed by atoms with Crippen molar-refractivity contribution in [1.82, 2.24) is 14.7 Å². The lowest BCUT2D eigenvalue weighted by molar-refractivity contribution is 0.0736. The van der Waals surface area contributed by atoms with Gasteiger partial charge in [0.1, 0.15) is 10.6 Å². The molecule has 7 heteroatoms. The summed E-state index contributed by atoms with van der Waals surface area (Å²) < 4.78 is 15.1. The third kappa shape index (κ3) is 3.14. The third-order valence-corrected chi connectivity index (χ3v) is 6.94. The average molecular weight is 412 g/mol. The molecule has 0 bridgehead atoms. The zero-order chi connectivity index (χ0) is 19.3. The lowest BCUT2D eigenvalue weighted by atomic mass is 10.2. The number of carbonyl (C=O) groups excluding carboxylic acids is 1. The van der Waals surface area contributed by atoms with Crippen LogP contribution < -0.4 is 0 Å². The van der Waals surface area contributed by atoms with Crippen LogP contribution in [0.25, 0.3) is 15.9 Å². The van der Waals surface area contributed by atoms with Crippen molar-refractivity contribution in [2.45, 2.75) is 32.4 Å². The lowest BCUT2D eigenvalue weighted by Gasteiger charge is -2.21. The van der Waals surface area contributed by atoms with Gasteiger partial charge < -0.3 is 4.90 Å². The Morgan fingerprint density at radius 2 is 2.07 bits per heavy atom. The fourth-order valence-corrected chi connectivity index (χ4v) is 5.22. The number of aromatic nitrogens is 2. The van der Waals surface area contributed by atoms with Crippen molar-refractivity contribution in [1.29, 1.82) is 0 Å². The minimum atomic E-state index is -0.278. The van der Waals surface area contributed by atoms with Gasteiger partial charge in [0.05, 0.1) is 22.8 Å². The standard InChI is InChI=1S/C21H18FN3OS2/c1-13-18-11-19(20(26)24(15-8-9-15)12-17-3-2-10-27-17)28-21(18)25(23-13)16-6-4-14(22)5-7-16/h2-7,10-11,15H,8-9,12H2,1H3. The van der Waals surface area contributed by atoms with Crippen molar-refractivity contribution in [3.8, 4) is 5.69 Å². The summed E-state index contributed by atoms with van der Waals surface area (Å²) in [6, 6.07) is 12.7. The predicted molar refractivity (Wildman–Crippen MR) is 111 cm³/mol. The van der Waals surface area contributed by atoms with E-state index in [1.165, 1.54) is 28.3 Å². The summed E-state index contributed by atoms with van der Waals surface area (Å²) in [6.07, 6.45) is 2.15. The summed E-state index contributed by atoms with van der Waals surface area (Å²) in [6.45, 7) is 2.60. The van der Waals surface area contributed by atoms with Gasteiger partial charge in [-0.3, -0.25) is 4.79 Å². The van der Waals surface area contributed by atoms with Gasteiger partial charge in [-0.05, 0) is 61.5 Å². The SMILES string of the molecule is Cc1nn(-c2ccc(F)cc2)c2sc(C(=O)N(Cc3cccs3)C3CC3)cc12. The number of hydrogen-bond acceptors (Lipinski definition) is 4. The van der Waals surface area contributed by atoms with Gasteiger partial charge in [-0.15, -0.1) is 22.7 Å². The number of rotatable bonds is 5. The Hall–Kier alpha value is -2.51. The normalized spacial score (nSPS) is 13.9. The zero-order valence-electron chi connectivity index (χ0n) is 15.3. The Morgan fingerprint density at radius 3 is 2.75 bits per heavy atom. The number of halogens is 1. The molecule has 1 fully saturated rings. The van der Waals surface area contributed by atoms with Crippen molar-refractivity contribution in [2.75, 3.05) is 0 Å². The molecule has 0 spiro atoms. The van der Waals surface area contributed by atoms with Crippen LogP contribution in [0.3, 0.4) is 0 Å². The zero-order valence-corrected chi connectivity index (χ0v) is 16.9. The Kier molecular flexibility index (Phi) is 4.29. The molecule has 1 aromatic carbocycles. The molecular formula is C21H18FN3OS2. The second-order valence-corrected chi connectivity index (χ2v) is 9.11. The number of hydrogen-bond donors (Lipinski definition) is 0. The first-order valence-corrected chi connectivity index (χ1v) is 10.9. The van der Waals surface area contributed by atoms with E-state index in [1.807, 2.05) is 29.3 Å². The molecule has 5 rings (SSSR count). The van der Waals surface area contributed by atoms with Gasteiger partial charge in [0.25, 0.3) is 5.91 Å². The first-order valence-electron chi connectivity index (χ1n) is 9.18. The summed E-state index contributed by atoms with van der Waals surface area (Å²) in [5.74, 6) is -0.193. The van der Waals surface area contributed by atoms with Crippen molar-refractivity contribution in [3.05, 3.63) is 69.1 Å². The minimum absolute atomic E-state index is 0.0853. The van der Waals surface area contributed by atoms with E-state index in [2.05, 4.69) is 11.2 Å². The summed E-state index contributed by atoms with van der Waals surface area (Å²) in [4.78, 5) is 18.1. The minimum Gasteiger partial charge on any atom is -0.330 e. The molecule has 1 aliphatic rings. The molecule has 0 atom stereocenters. The summed E-state index contributed by atoms with van der Waals surface area (Å²) in [5.41, 5.74) is 1.66. The average Bonchev–Trinajstić information content (AvgIpc) is 3.11. The highest BCUT2D eigenvalue weighted by Gasteiger charge is 2.34. The van der Waals surface area contributed by atoms with E-state index in [0.29, 0.717) is 12.6 Å². The Balaban J connectivity index is 1.51. The van der Waals surface area contributed by atoms with Gasteiger partial charge in [0, 0.05) is 16.3 Å². The van der Waals surface area contributed by atoms with E-state index < -0.39 is 0 Å². The van der Waals surface area contributed by atoms with E-state index in [-0.39, 0.29) is 11.7 Å². The number of nitrogens with zero attached hydrogens (tertiary/aromatic N) is 3. The highest BCUT2D eigenvalue weighted by Crippen LogP contribution is 2.35. The Labute approximate surface area is 169 Å². The predicted octanol–water partition coefficient (Wildman–Crippen LogP) is 5.40. The Morgan fingerprint density at radius 1 is 1.29 bits per heavy atom. The fraction of sp³-hybridized carbons (Fsp3) is 0.238. The van der Waals surface area contributed by atoms with Crippen molar-refractivity contribution in [2.24, 2.45) is 0 Å². The number of thiophene rings is 2. The number of aryl methyl sites for hydroxylation is 1. The van der Waals surface area contributed by atoms with Crippen molar-refractivity contribution in [3.63, 3.8) is 0 Å². The molecule has 4 aromatic rings. The molecule has 1 saturated carbocycles. The molecule has 0 unspecified atom stereocenters. The molecule has 1 aliphatic carbocycles. The van der Waals surface area contributed by atoms with E-state index >= 15 is 0 Å². The van der Waals surface area contributed by atoms with Crippen LogP contribution in [0.1, 0.15) is 33.1 Å². The number of carbonyl (C=O) groups is 1. The molecule has 142 valence electrons. The molecule has 0 N–H and O–H groups in total. The molecule has 4 nitrogen and oxygen atoms in total. The quantitative estimate of drug-likeness (QED) is 0.441. The van der Waals surface area contributed by atoms with E-state index in [9.17, 15) is 9.18 Å².